The Bertz CT molecular complexity index is 809. The molecule has 0 N–H and O–H groups in total. The van der Waals surface area contributed by atoms with Gasteiger partial charge in [-0.25, -0.2) is 9.37 Å². The maximum absolute atomic E-state index is 13.6. The van der Waals surface area contributed by atoms with Crippen LogP contribution in [0.1, 0.15) is 19.5 Å². The molecule has 9 heteroatoms. The van der Waals surface area contributed by atoms with Crippen molar-refractivity contribution in [3.63, 3.8) is 0 Å². The van der Waals surface area contributed by atoms with Crippen LogP contribution in [0.3, 0.4) is 0 Å². The predicted octanol–water partition coefficient (Wildman–Crippen LogP) is 3.94. The summed E-state index contributed by atoms with van der Waals surface area (Å²) in [5.41, 5.74) is -1.59. The Morgan fingerprint density at radius 1 is 1.26 bits per heavy atom. The smallest absolute Gasteiger partial charge is 0.375 e. The minimum absolute atomic E-state index is 0.0633. The van der Waals surface area contributed by atoms with E-state index in [1.54, 1.807) is 13.8 Å². The maximum Gasteiger partial charge on any atom is 0.435 e. The highest BCUT2D eigenvalue weighted by Gasteiger charge is 2.38. The zero-order chi connectivity index (χ0) is 20.2. The number of amides is 1. The standard InChI is InChI=1S/C18H19F4N3O2/c1-11(2)9-25(16(26)10-27-3)15-5-4-14(24-17(15)18(20,21)22)12-6-13(19)8-23-7-12/h4-8,11H,9-10H2,1-3H3. The Labute approximate surface area is 154 Å². The van der Waals surface area contributed by atoms with Crippen molar-refractivity contribution in [2.45, 2.75) is 20.0 Å². The molecule has 0 atom stereocenters. The van der Waals surface area contributed by atoms with Gasteiger partial charge in [0.05, 0.1) is 17.6 Å². The molecule has 0 aliphatic carbocycles. The molecule has 2 heterocycles. The fraction of sp³-hybridized carbons (Fsp3) is 0.389. The molecule has 2 aromatic heterocycles. The number of hydrogen-bond acceptors (Lipinski definition) is 4. The number of ether oxygens (including phenoxy) is 1. The van der Waals surface area contributed by atoms with Crippen LogP contribution >= 0.6 is 0 Å². The van der Waals surface area contributed by atoms with Crippen LogP contribution in [-0.2, 0) is 15.7 Å². The van der Waals surface area contributed by atoms with E-state index in [1.165, 1.54) is 19.4 Å². The van der Waals surface area contributed by atoms with Crippen LogP contribution in [0, 0.1) is 11.7 Å². The third-order valence-corrected chi connectivity index (χ3v) is 3.55. The molecule has 27 heavy (non-hydrogen) atoms. The number of halogens is 4. The minimum atomic E-state index is -4.81. The van der Waals surface area contributed by atoms with Gasteiger partial charge >= 0.3 is 6.18 Å². The van der Waals surface area contributed by atoms with E-state index in [9.17, 15) is 22.4 Å². The van der Waals surface area contributed by atoms with Crippen molar-refractivity contribution < 1.29 is 27.1 Å². The number of rotatable bonds is 6. The van der Waals surface area contributed by atoms with Crippen LogP contribution in [0.15, 0.2) is 30.6 Å². The number of aromatic nitrogens is 2. The largest absolute Gasteiger partial charge is 0.435 e. The highest BCUT2D eigenvalue weighted by atomic mass is 19.4. The van der Waals surface area contributed by atoms with Gasteiger partial charge in [-0.3, -0.25) is 9.78 Å². The Balaban J connectivity index is 2.59. The van der Waals surface area contributed by atoms with E-state index >= 15 is 0 Å². The van der Waals surface area contributed by atoms with Crippen LogP contribution in [0.2, 0.25) is 0 Å². The maximum atomic E-state index is 13.6. The van der Waals surface area contributed by atoms with Gasteiger partial charge in [-0.1, -0.05) is 13.8 Å². The average Bonchev–Trinajstić information content (AvgIpc) is 2.58. The summed E-state index contributed by atoms with van der Waals surface area (Å²) in [7, 11) is 1.29. The second-order valence-electron chi connectivity index (χ2n) is 6.29. The van der Waals surface area contributed by atoms with Crippen molar-refractivity contribution in [1.29, 1.82) is 0 Å². The van der Waals surface area contributed by atoms with Crippen molar-refractivity contribution in [3.05, 3.63) is 42.1 Å². The summed E-state index contributed by atoms with van der Waals surface area (Å²) in [6.45, 7) is 3.26. The molecular weight excluding hydrogens is 366 g/mol. The Morgan fingerprint density at radius 3 is 2.52 bits per heavy atom. The second-order valence-corrected chi connectivity index (χ2v) is 6.29. The number of alkyl halides is 3. The molecule has 0 aliphatic rings. The molecule has 0 saturated carbocycles. The zero-order valence-corrected chi connectivity index (χ0v) is 15.0. The third kappa shape index (κ3) is 5.22. The molecule has 2 rings (SSSR count). The summed E-state index contributed by atoms with van der Waals surface area (Å²) in [5.74, 6) is -1.39. The lowest BCUT2D eigenvalue weighted by molar-refractivity contribution is -0.140. The summed E-state index contributed by atoms with van der Waals surface area (Å²) >= 11 is 0. The fourth-order valence-corrected chi connectivity index (χ4v) is 2.49. The Kier molecular flexibility index (Phi) is 6.48. The molecule has 2 aromatic rings. The van der Waals surface area contributed by atoms with Gasteiger partial charge in [-0.2, -0.15) is 13.2 Å². The van der Waals surface area contributed by atoms with E-state index in [0.717, 1.165) is 23.2 Å². The highest BCUT2D eigenvalue weighted by molar-refractivity contribution is 5.95. The Morgan fingerprint density at radius 2 is 1.96 bits per heavy atom. The number of methoxy groups -OCH3 is 1. The molecule has 0 fully saturated rings. The third-order valence-electron chi connectivity index (χ3n) is 3.55. The SMILES string of the molecule is COCC(=O)N(CC(C)C)c1ccc(-c2cncc(F)c2)nc1C(F)(F)F. The van der Waals surface area contributed by atoms with Gasteiger partial charge < -0.3 is 9.64 Å². The van der Waals surface area contributed by atoms with Crippen LogP contribution in [0.25, 0.3) is 11.3 Å². The number of nitrogens with zero attached hydrogens (tertiary/aromatic N) is 3. The molecule has 0 radical (unpaired) electrons. The number of pyridine rings is 2. The quantitative estimate of drug-likeness (QED) is 0.707. The highest BCUT2D eigenvalue weighted by Crippen LogP contribution is 2.37. The number of carbonyl (C=O) groups excluding carboxylic acids is 1. The van der Waals surface area contributed by atoms with E-state index in [4.69, 9.17) is 4.74 Å². The molecule has 0 aromatic carbocycles. The van der Waals surface area contributed by atoms with Gasteiger partial charge in [0.25, 0.3) is 5.91 Å². The van der Waals surface area contributed by atoms with Crippen LogP contribution in [-0.4, -0.2) is 36.1 Å². The first-order chi connectivity index (χ1) is 12.6. The number of hydrogen-bond donors (Lipinski definition) is 0. The van der Waals surface area contributed by atoms with Crippen molar-refractivity contribution in [1.82, 2.24) is 9.97 Å². The van der Waals surface area contributed by atoms with Gasteiger partial charge in [0, 0.05) is 25.4 Å². The van der Waals surface area contributed by atoms with Crippen LogP contribution in [0.4, 0.5) is 23.2 Å². The lowest BCUT2D eigenvalue weighted by atomic mass is 10.1. The van der Waals surface area contributed by atoms with Crippen molar-refractivity contribution in [3.8, 4) is 11.3 Å². The summed E-state index contributed by atoms with van der Waals surface area (Å²) in [5, 5.41) is 0. The summed E-state index contributed by atoms with van der Waals surface area (Å²) in [6.07, 6.45) is -2.65. The van der Waals surface area contributed by atoms with E-state index in [0.29, 0.717) is 0 Å². The minimum Gasteiger partial charge on any atom is -0.375 e. The van der Waals surface area contributed by atoms with Gasteiger partial charge in [0.1, 0.15) is 12.4 Å². The van der Waals surface area contributed by atoms with E-state index in [-0.39, 0.29) is 36.0 Å². The van der Waals surface area contributed by atoms with Gasteiger partial charge in [0.15, 0.2) is 5.69 Å². The molecule has 0 saturated heterocycles. The molecule has 146 valence electrons. The molecule has 0 unspecified atom stereocenters. The van der Waals surface area contributed by atoms with Gasteiger partial charge in [-0.05, 0) is 24.1 Å². The molecule has 0 aliphatic heterocycles. The zero-order valence-electron chi connectivity index (χ0n) is 15.0. The molecule has 0 bridgehead atoms. The van der Waals surface area contributed by atoms with Crippen molar-refractivity contribution >= 4 is 11.6 Å². The number of carbonyl (C=O) groups is 1. The van der Waals surface area contributed by atoms with E-state index < -0.39 is 23.6 Å². The summed E-state index contributed by atoms with van der Waals surface area (Å²) < 4.78 is 59.1. The van der Waals surface area contributed by atoms with Crippen LogP contribution < -0.4 is 4.90 Å². The van der Waals surface area contributed by atoms with Crippen molar-refractivity contribution in [2.75, 3.05) is 25.2 Å². The summed E-state index contributed by atoms with van der Waals surface area (Å²) in [4.78, 5) is 20.6. The predicted molar refractivity (Wildman–Crippen MR) is 91.5 cm³/mol. The topological polar surface area (TPSA) is 55.3 Å². The monoisotopic (exact) mass is 385 g/mol. The van der Waals surface area contributed by atoms with E-state index in [2.05, 4.69) is 9.97 Å². The second kappa shape index (κ2) is 8.43. The lowest BCUT2D eigenvalue weighted by Crippen LogP contribution is -2.38. The first-order valence-corrected chi connectivity index (χ1v) is 8.12. The van der Waals surface area contributed by atoms with E-state index in [1.807, 2.05) is 0 Å². The molecular formula is C18H19F4N3O2. The molecule has 0 spiro atoms. The molecule has 1 amide bonds. The van der Waals surface area contributed by atoms with Crippen molar-refractivity contribution in [2.24, 2.45) is 5.92 Å². The van der Waals surface area contributed by atoms with Gasteiger partial charge in [-0.15, -0.1) is 0 Å². The van der Waals surface area contributed by atoms with Gasteiger partial charge in [0.2, 0.25) is 0 Å². The Hall–Kier alpha value is -2.55. The van der Waals surface area contributed by atoms with Crippen LogP contribution in [0.5, 0.6) is 0 Å². The summed E-state index contributed by atoms with van der Waals surface area (Å²) in [6, 6.07) is 3.50. The first kappa shape index (κ1) is 20.8. The lowest BCUT2D eigenvalue weighted by Gasteiger charge is -2.27. The first-order valence-electron chi connectivity index (χ1n) is 8.12. The number of anilines is 1. The average molecular weight is 385 g/mol. The normalized spacial score (nSPS) is 11.7. The fourth-order valence-electron chi connectivity index (χ4n) is 2.49. The molecule has 5 nitrogen and oxygen atoms in total.